The predicted molar refractivity (Wildman–Crippen MR) is 110 cm³/mol. The van der Waals surface area contributed by atoms with Crippen molar-refractivity contribution in [1.29, 1.82) is 0 Å². The second-order valence-electron chi connectivity index (χ2n) is 8.12. The number of pyridine rings is 1. The van der Waals surface area contributed by atoms with Crippen molar-refractivity contribution in [1.82, 2.24) is 24.6 Å². The monoisotopic (exact) mass is 497 g/mol. The summed E-state index contributed by atoms with van der Waals surface area (Å²) in [5, 5.41) is 14.4. The van der Waals surface area contributed by atoms with E-state index in [0.717, 1.165) is 28.8 Å². The van der Waals surface area contributed by atoms with Gasteiger partial charge in [-0.15, -0.1) is 5.10 Å². The van der Waals surface area contributed by atoms with Crippen LogP contribution in [-0.2, 0) is 23.6 Å². The molecule has 0 unspecified atom stereocenters. The van der Waals surface area contributed by atoms with Crippen molar-refractivity contribution in [3.05, 3.63) is 71.8 Å². The van der Waals surface area contributed by atoms with Gasteiger partial charge in [0.2, 0.25) is 5.91 Å². The number of carbonyl (C=O) groups is 1. The van der Waals surface area contributed by atoms with Crippen LogP contribution in [0.5, 0.6) is 0 Å². The van der Waals surface area contributed by atoms with Gasteiger partial charge in [0.1, 0.15) is 11.9 Å². The highest BCUT2D eigenvalue weighted by atomic mass is 19.4. The maximum Gasteiger partial charge on any atom is 0.416 e. The first-order valence-corrected chi connectivity index (χ1v) is 10.1. The molecule has 13 heteroatoms. The molecule has 3 heterocycles. The number of hydrogen-bond acceptors (Lipinski definition) is 5. The number of rotatable bonds is 5. The van der Waals surface area contributed by atoms with E-state index in [2.05, 4.69) is 15.1 Å². The fraction of sp³-hybridized carbons (Fsp3) is 0.273. The molecule has 7 nitrogen and oxygen atoms in total. The van der Waals surface area contributed by atoms with E-state index in [1.807, 2.05) is 0 Å². The lowest BCUT2D eigenvalue weighted by molar-refractivity contribution is -0.149. The van der Waals surface area contributed by atoms with Crippen molar-refractivity contribution in [3.8, 4) is 11.4 Å². The van der Waals surface area contributed by atoms with Gasteiger partial charge >= 0.3 is 12.4 Å². The zero-order chi connectivity index (χ0) is 25.4. The second kappa shape index (κ2) is 8.80. The zero-order valence-electron chi connectivity index (χ0n) is 17.8. The molecule has 1 N–H and O–H groups in total. The van der Waals surface area contributed by atoms with Gasteiger partial charge in [-0.05, 0) is 29.8 Å². The zero-order valence-corrected chi connectivity index (χ0v) is 17.8. The molecule has 1 fully saturated rings. The van der Waals surface area contributed by atoms with E-state index in [1.165, 1.54) is 4.90 Å². The van der Waals surface area contributed by atoms with Crippen LogP contribution in [0.25, 0.3) is 17.6 Å². The van der Waals surface area contributed by atoms with E-state index < -0.39 is 40.6 Å². The number of aliphatic hydroxyl groups is 1. The first kappa shape index (κ1) is 24.4. The molecular formula is C22H17F6N5O2. The van der Waals surface area contributed by atoms with E-state index in [9.17, 15) is 36.2 Å². The van der Waals surface area contributed by atoms with E-state index in [0.29, 0.717) is 18.6 Å². The number of nitrogens with zero attached hydrogens (tertiary/aromatic N) is 5. The predicted octanol–water partition coefficient (Wildman–Crippen LogP) is 3.66. The van der Waals surface area contributed by atoms with Crippen LogP contribution < -0.4 is 0 Å². The van der Waals surface area contributed by atoms with Crippen LogP contribution in [0.1, 0.15) is 16.7 Å². The highest BCUT2D eigenvalue weighted by Crippen LogP contribution is 2.38. The molecule has 4 rings (SSSR count). The van der Waals surface area contributed by atoms with Gasteiger partial charge in [0, 0.05) is 36.7 Å². The minimum atomic E-state index is -5.00. The van der Waals surface area contributed by atoms with Crippen LogP contribution in [0.3, 0.4) is 0 Å². The molecule has 0 bridgehead atoms. The van der Waals surface area contributed by atoms with Crippen molar-refractivity contribution in [2.75, 3.05) is 13.1 Å². The van der Waals surface area contributed by atoms with Crippen LogP contribution in [0, 0.1) is 0 Å². The molecule has 0 saturated carbocycles. The van der Waals surface area contributed by atoms with Crippen LogP contribution in [0.2, 0.25) is 0 Å². The average molecular weight is 497 g/mol. The maximum absolute atomic E-state index is 13.1. The number of benzene rings is 1. The average Bonchev–Trinajstić information content (AvgIpc) is 3.24. The van der Waals surface area contributed by atoms with Crippen molar-refractivity contribution in [2.45, 2.75) is 24.4 Å². The Labute approximate surface area is 194 Å². The van der Waals surface area contributed by atoms with Crippen LogP contribution >= 0.6 is 0 Å². The van der Waals surface area contributed by atoms with E-state index in [-0.39, 0.29) is 25.0 Å². The summed E-state index contributed by atoms with van der Waals surface area (Å²) in [6.45, 7) is 0.163. The molecule has 0 atom stereocenters. The smallest absolute Gasteiger partial charge is 0.386 e. The molecule has 3 aromatic rings. The summed E-state index contributed by atoms with van der Waals surface area (Å²) in [5.74, 6) is -0.843. The normalized spacial score (nSPS) is 15.9. The molecule has 1 aromatic carbocycles. The third-order valence-corrected chi connectivity index (χ3v) is 5.26. The molecule has 1 aliphatic rings. The highest BCUT2D eigenvalue weighted by molar-refractivity contribution is 5.91. The van der Waals surface area contributed by atoms with Gasteiger partial charge in [0.25, 0.3) is 0 Å². The molecule has 1 amide bonds. The SMILES string of the molecule is O=C(/C=C\n1cnc(-c2cc(C(F)(F)F)cc(C(F)(F)F)c2)n1)N1CC(O)(Cc2cccnc2)C1. The van der Waals surface area contributed by atoms with Gasteiger partial charge < -0.3 is 10.0 Å². The number of alkyl halides is 6. The third kappa shape index (κ3) is 5.67. The van der Waals surface area contributed by atoms with Gasteiger partial charge in [-0.3, -0.25) is 9.78 Å². The summed E-state index contributed by atoms with van der Waals surface area (Å²) in [6, 6.07) is 4.60. The number of halogens is 6. The first-order chi connectivity index (χ1) is 16.3. The molecule has 0 aliphatic carbocycles. The summed E-state index contributed by atoms with van der Waals surface area (Å²) in [6.07, 6.45) is -3.15. The Morgan fingerprint density at radius 2 is 1.74 bits per heavy atom. The molecule has 184 valence electrons. The lowest BCUT2D eigenvalue weighted by Gasteiger charge is -2.46. The first-order valence-electron chi connectivity index (χ1n) is 10.1. The van der Waals surface area contributed by atoms with Crippen LogP contribution in [0.15, 0.2) is 55.1 Å². The van der Waals surface area contributed by atoms with Gasteiger partial charge in [0.15, 0.2) is 5.82 Å². The van der Waals surface area contributed by atoms with Crippen LogP contribution in [0.4, 0.5) is 26.3 Å². The molecule has 1 aliphatic heterocycles. The highest BCUT2D eigenvalue weighted by Gasteiger charge is 2.43. The van der Waals surface area contributed by atoms with E-state index >= 15 is 0 Å². The Balaban J connectivity index is 1.44. The van der Waals surface area contributed by atoms with Gasteiger partial charge in [-0.2, -0.15) is 26.3 Å². The largest absolute Gasteiger partial charge is 0.416 e. The molecule has 35 heavy (non-hydrogen) atoms. The lowest BCUT2D eigenvalue weighted by atomic mass is 9.87. The lowest BCUT2D eigenvalue weighted by Crippen LogP contribution is -2.64. The Hall–Kier alpha value is -3.74. The Bertz CT molecular complexity index is 1210. The second-order valence-corrected chi connectivity index (χ2v) is 8.12. The van der Waals surface area contributed by atoms with E-state index in [4.69, 9.17) is 0 Å². The Kier molecular flexibility index (Phi) is 6.13. The third-order valence-electron chi connectivity index (χ3n) is 5.26. The Morgan fingerprint density at radius 1 is 1.09 bits per heavy atom. The van der Waals surface area contributed by atoms with Gasteiger partial charge in [0.05, 0.1) is 24.2 Å². The fourth-order valence-corrected chi connectivity index (χ4v) is 3.62. The standard InChI is InChI=1S/C22H17F6N5O2/c23-21(24,25)16-6-15(7-17(8-16)22(26,27)28)19-30-13-33(31-19)5-3-18(34)32-11-20(35,12-32)9-14-2-1-4-29-10-14/h1-8,10,13,35H,9,11-12H2/b5-3-. The Morgan fingerprint density at radius 3 is 2.31 bits per heavy atom. The van der Waals surface area contributed by atoms with Gasteiger partial charge in [-0.25, -0.2) is 9.67 Å². The van der Waals surface area contributed by atoms with E-state index in [1.54, 1.807) is 24.5 Å². The molecular weight excluding hydrogens is 480 g/mol. The number of hydrogen-bond donors (Lipinski definition) is 1. The quantitative estimate of drug-likeness (QED) is 0.430. The topological polar surface area (TPSA) is 84.1 Å². The minimum absolute atomic E-state index is 0.0155. The number of amides is 1. The minimum Gasteiger partial charge on any atom is -0.386 e. The summed E-state index contributed by atoms with van der Waals surface area (Å²) in [7, 11) is 0. The molecule has 0 radical (unpaired) electrons. The number of β-amino-alcohol motifs (C(OH)–C–C–N with tert-alkyl or cyclic N) is 1. The number of aromatic nitrogens is 4. The van der Waals surface area contributed by atoms with Crippen molar-refractivity contribution in [2.24, 2.45) is 0 Å². The molecule has 1 saturated heterocycles. The fourth-order valence-electron chi connectivity index (χ4n) is 3.62. The summed E-state index contributed by atoms with van der Waals surface area (Å²) >= 11 is 0. The van der Waals surface area contributed by atoms with Crippen molar-refractivity contribution < 1.29 is 36.2 Å². The molecule has 2 aromatic heterocycles. The summed E-state index contributed by atoms with van der Waals surface area (Å²) in [4.78, 5) is 21.4. The van der Waals surface area contributed by atoms with Crippen molar-refractivity contribution in [3.63, 3.8) is 0 Å². The number of carbonyl (C=O) groups excluding carboxylic acids is 1. The van der Waals surface area contributed by atoms with Crippen LogP contribution in [-0.4, -0.2) is 54.4 Å². The van der Waals surface area contributed by atoms with Crippen molar-refractivity contribution >= 4 is 12.1 Å². The number of likely N-dealkylation sites (tertiary alicyclic amines) is 1. The summed E-state index contributed by atoms with van der Waals surface area (Å²) in [5.41, 5.74) is -3.72. The van der Waals surface area contributed by atoms with Gasteiger partial charge in [-0.1, -0.05) is 6.07 Å². The maximum atomic E-state index is 13.1. The summed E-state index contributed by atoms with van der Waals surface area (Å²) < 4.78 is 79.4. The molecule has 0 spiro atoms.